The number of pyridine rings is 1. The molecule has 30 heavy (non-hydrogen) atoms. The summed E-state index contributed by atoms with van der Waals surface area (Å²) in [5.41, 5.74) is 1.19. The molecule has 2 N–H and O–H groups in total. The lowest BCUT2D eigenvalue weighted by atomic mass is 10.1. The van der Waals surface area contributed by atoms with Gasteiger partial charge in [0.15, 0.2) is 0 Å². The van der Waals surface area contributed by atoms with E-state index < -0.39 is 24.6 Å². The fourth-order valence-electron chi connectivity index (χ4n) is 2.70. The van der Waals surface area contributed by atoms with E-state index in [1.807, 2.05) is 18.3 Å². The fourth-order valence-corrected chi connectivity index (χ4v) is 2.70. The molecule has 0 saturated carbocycles. The van der Waals surface area contributed by atoms with Gasteiger partial charge in [0.1, 0.15) is 29.6 Å². The number of alkyl halides is 3. The number of benzene rings is 2. The number of halogens is 4. The molecule has 0 aliphatic carbocycles. The maximum absolute atomic E-state index is 14.3. The van der Waals surface area contributed by atoms with E-state index in [0.29, 0.717) is 22.4 Å². The van der Waals surface area contributed by atoms with Crippen LogP contribution in [0.15, 0.2) is 42.6 Å². The van der Waals surface area contributed by atoms with Crippen molar-refractivity contribution in [2.45, 2.75) is 13.1 Å². The van der Waals surface area contributed by atoms with Gasteiger partial charge in [-0.1, -0.05) is 0 Å². The fraction of sp³-hybridized carbons (Fsp3) is 0.200. The number of nitrogens with zero attached hydrogens (tertiary/aromatic N) is 1. The van der Waals surface area contributed by atoms with Crippen LogP contribution in [-0.4, -0.2) is 30.8 Å². The highest BCUT2D eigenvalue weighted by Crippen LogP contribution is 2.33. The Bertz CT molecular complexity index is 1090. The van der Waals surface area contributed by atoms with Crippen LogP contribution in [0.2, 0.25) is 0 Å². The van der Waals surface area contributed by atoms with Crippen molar-refractivity contribution in [1.82, 2.24) is 10.3 Å². The number of methoxy groups -OCH3 is 1. The molecule has 0 spiro atoms. The summed E-state index contributed by atoms with van der Waals surface area (Å²) in [6, 6.07) is 7.61. The summed E-state index contributed by atoms with van der Waals surface area (Å²) >= 11 is 0. The van der Waals surface area contributed by atoms with Gasteiger partial charge in [0.05, 0.1) is 18.3 Å². The maximum atomic E-state index is 14.3. The van der Waals surface area contributed by atoms with E-state index in [1.54, 1.807) is 24.6 Å². The minimum atomic E-state index is -4.57. The van der Waals surface area contributed by atoms with Crippen LogP contribution in [0.25, 0.3) is 10.9 Å². The van der Waals surface area contributed by atoms with E-state index in [1.165, 1.54) is 18.3 Å². The van der Waals surface area contributed by atoms with Gasteiger partial charge in [0.25, 0.3) is 0 Å². The van der Waals surface area contributed by atoms with Crippen LogP contribution >= 0.6 is 0 Å². The molecule has 2 aromatic carbocycles. The van der Waals surface area contributed by atoms with Crippen molar-refractivity contribution in [3.8, 4) is 17.2 Å². The molecule has 0 radical (unpaired) electrons. The summed E-state index contributed by atoms with van der Waals surface area (Å²) in [6.07, 6.45) is -3.03. The molecular weight excluding hydrogens is 406 g/mol. The molecule has 1 heterocycles. The smallest absolute Gasteiger partial charge is 0.405 e. The molecule has 3 aromatic rings. The number of amides is 2. The zero-order valence-corrected chi connectivity index (χ0v) is 15.9. The first-order valence-corrected chi connectivity index (χ1v) is 8.68. The molecule has 0 aliphatic rings. The lowest BCUT2D eigenvalue weighted by Gasteiger charge is -2.13. The molecule has 0 fully saturated rings. The van der Waals surface area contributed by atoms with Crippen LogP contribution < -0.4 is 20.1 Å². The highest BCUT2D eigenvalue weighted by molar-refractivity contribution is 5.89. The number of anilines is 1. The predicted octanol–water partition coefficient (Wildman–Crippen LogP) is 5.17. The number of ether oxygens (including phenoxy) is 2. The summed E-state index contributed by atoms with van der Waals surface area (Å²) in [6.45, 7) is 0.333. The topological polar surface area (TPSA) is 72.5 Å². The summed E-state index contributed by atoms with van der Waals surface area (Å²) in [5, 5.41) is 4.30. The van der Waals surface area contributed by atoms with E-state index in [-0.39, 0.29) is 11.4 Å². The second-order valence-corrected chi connectivity index (χ2v) is 6.31. The molecule has 2 amide bonds. The highest BCUT2D eigenvalue weighted by atomic mass is 19.4. The molecular formula is C20H17F4N3O3. The molecule has 10 heteroatoms. The van der Waals surface area contributed by atoms with Crippen LogP contribution in [-0.2, 0) is 0 Å². The Hall–Kier alpha value is -3.56. The summed E-state index contributed by atoms with van der Waals surface area (Å²) in [7, 11) is 1.55. The van der Waals surface area contributed by atoms with E-state index in [0.717, 1.165) is 11.6 Å². The van der Waals surface area contributed by atoms with Gasteiger partial charge in [-0.25, -0.2) is 9.18 Å². The van der Waals surface area contributed by atoms with E-state index >= 15 is 0 Å². The number of aryl methyl sites for hydroxylation is 1. The monoisotopic (exact) mass is 423 g/mol. The maximum Gasteiger partial charge on any atom is 0.405 e. The van der Waals surface area contributed by atoms with Gasteiger partial charge in [-0.15, -0.1) is 0 Å². The van der Waals surface area contributed by atoms with Crippen molar-refractivity contribution in [1.29, 1.82) is 0 Å². The Kier molecular flexibility index (Phi) is 5.95. The summed E-state index contributed by atoms with van der Waals surface area (Å²) in [5.74, 6) is 0.354. The van der Waals surface area contributed by atoms with Crippen molar-refractivity contribution in [2.75, 3.05) is 19.0 Å². The zero-order valence-electron chi connectivity index (χ0n) is 15.9. The lowest BCUT2D eigenvalue weighted by Crippen LogP contribution is -2.36. The molecule has 6 nitrogen and oxygen atoms in total. The minimum absolute atomic E-state index is 0.134. The van der Waals surface area contributed by atoms with Gasteiger partial charge in [0.2, 0.25) is 0 Å². The van der Waals surface area contributed by atoms with Gasteiger partial charge in [-0.2, -0.15) is 13.2 Å². The van der Waals surface area contributed by atoms with Crippen molar-refractivity contribution in [3.63, 3.8) is 0 Å². The number of rotatable bonds is 5. The molecule has 0 bridgehead atoms. The van der Waals surface area contributed by atoms with Gasteiger partial charge in [-0.3, -0.25) is 4.98 Å². The standard InChI is InChI=1S/C20H17F4N3O3/c1-11-7-13-16(9-18(11)29-2)25-6-5-17(13)30-12-3-4-15(14(21)8-12)27-19(28)26-10-20(22,23)24/h3-9H,10H2,1-2H3,(H2,26,27,28). The Labute approximate surface area is 168 Å². The Morgan fingerprint density at radius 3 is 2.57 bits per heavy atom. The SMILES string of the molecule is COc1cc2nccc(Oc3ccc(NC(=O)NCC(F)(F)F)c(F)c3)c2cc1C. The van der Waals surface area contributed by atoms with Crippen LogP contribution in [0.1, 0.15) is 5.56 Å². The van der Waals surface area contributed by atoms with Gasteiger partial charge >= 0.3 is 12.2 Å². The second-order valence-electron chi connectivity index (χ2n) is 6.31. The third-order valence-electron chi connectivity index (χ3n) is 4.08. The van der Waals surface area contributed by atoms with Crippen molar-refractivity contribution >= 4 is 22.6 Å². The molecule has 3 rings (SSSR count). The first-order valence-electron chi connectivity index (χ1n) is 8.68. The number of fused-ring (bicyclic) bond motifs is 1. The molecule has 0 unspecified atom stereocenters. The Balaban J connectivity index is 1.78. The molecule has 0 aliphatic heterocycles. The number of hydrogen-bond donors (Lipinski definition) is 2. The average molecular weight is 423 g/mol. The number of carbonyl (C=O) groups is 1. The normalized spacial score (nSPS) is 11.3. The summed E-state index contributed by atoms with van der Waals surface area (Å²) in [4.78, 5) is 15.7. The van der Waals surface area contributed by atoms with Crippen LogP contribution in [0.5, 0.6) is 17.2 Å². The predicted molar refractivity (Wildman–Crippen MR) is 103 cm³/mol. The van der Waals surface area contributed by atoms with Crippen LogP contribution in [0, 0.1) is 12.7 Å². The average Bonchev–Trinajstić information content (AvgIpc) is 2.68. The molecule has 0 atom stereocenters. The minimum Gasteiger partial charge on any atom is -0.496 e. The third kappa shape index (κ3) is 5.07. The molecule has 1 aromatic heterocycles. The van der Waals surface area contributed by atoms with Gasteiger partial charge in [-0.05, 0) is 36.8 Å². The molecule has 0 saturated heterocycles. The third-order valence-corrected chi connectivity index (χ3v) is 4.08. The van der Waals surface area contributed by atoms with Crippen molar-refractivity contribution in [3.05, 3.63) is 54.0 Å². The van der Waals surface area contributed by atoms with Crippen LogP contribution in [0.3, 0.4) is 0 Å². The first-order chi connectivity index (χ1) is 14.2. The number of nitrogens with one attached hydrogen (secondary N) is 2. The Morgan fingerprint density at radius 1 is 1.13 bits per heavy atom. The largest absolute Gasteiger partial charge is 0.496 e. The lowest BCUT2D eigenvalue weighted by molar-refractivity contribution is -0.122. The summed E-state index contributed by atoms with van der Waals surface area (Å²) < 4.78 is 61.7. The second kappa shape index (κ2) is 8.44. The Morgan fingerprint density at radius 2 is 1.90 bits per heavy atom. The van der Waals surface area contributed by atoms with Crippen molar-refractivity contribution in [2.24, 2.45) is 0 Å². The first kappa shape index (κ1) is 21.2. The molecule has 158 valence electrons. The van der Waals surface area contributed by atoms with Crippen LogP contribution in [0.4, 0.5) is 28.0 Å². The van der Waals surface area contributed by atoms with E-state index in [4.69, 9.17) is 9.47 Å². The van der Waals surface area contributed by atoms with Gasteiger partial charge in [0, 0.05) is 23.7 Å². The zero-order chi connectivity index (χ0) is 21.9. The number of aromatic nitrogens is 1. The van der Waals surface area contributed by atoms with Gasteiger partial charge < -0.3 is 20.1 Å². The van der Waals surface area contributed by atoms with E-state index in [2.05, 4.69) is 4.98 Å². The number of hydrogen-bond acceptors (Lipinski definition) is 4. The van der Waals surface area contributed by atoms with Crippen molar-refractivity contribution < 1.29 is 31.8 Å². The number of urea groups is 1. The van der Waals surface area contributed by atoms with E-state index in [9.17, 15) is 22.4 Å². The quantitative estimate of drug-likeness (QED) is 0.556. The highest BCUT2D eigenvalue weighted by Gasteiger charge is 2.27. The number of carbonyl (C=O) groups excluding carboxylic acids is 1.